The predicted octanol–water partition coefficient (Wildman–Crippen LogP) is 4.74. The summed E-state index contributed by atoms with van der Waals surface area (Å²) >= 11 is 16.4. The molecule has 0 unspecified atom stereocenters. The van der Waals surface area contributed by atoms with Crippen molar-refractivity contribution in [2.45, 2.75) is 0 Å². The third kappa shape index (κ3) is 4.85. The van der Waals surface area contributed by atoms with Gasteiger partial charge in [-0.25, -0.2) is 0 Å². The molecule has 0 spiro atoms. The highest BCUT2D eigenvalue weighted by molar-refractivity contribution is 14.1. The van der Waals surface area contributed by atoms with Crippen molar-refractivity contribution in [2.24, 2.45) is 0 Å². The van der Waals surface area contributed by atoms with Gasteiger partial charge in [-0.15, -0.1) is 0 Å². The molecule has 2 rings (SSSR count). The highest BCUT2D eigenvalue weighted by Crippen LogP contribution is 2.27. The van der Waals surface area contributed by atoms with E-state index in [2.05, 4.69) is 49.2 Å². The van der Waals surface area contributed by atoms with E-state index in [0.29, 0.717) is 20.7 Å². The van der Waals surface area contributed by atoms with Crippen molar-refractivity contribution in [3.05, 3.63) is 65.1 Å². The summed E-state index contributed by atoms with van der Waals surface area (Å²) in [4.78, 5) is 22.4. The number of benzene rings is 2. The van der Waals surface area contributed by atoms with Crippen molar-refractivity contribution in [1.82, 2.24) is 5.32 Å². The van der Waals surface area contributed by atoms with Crippen LogP contribution in [0.15, 0.2) is 40.9 Å². The first-order valence-electron chi connectivity index (χ1n) is 6.29. The lowest BCUT2D eigenvalue weighted by Gasteiger charge is -2.11. The van der Waals surface area contributed by atoms with Crippen molar-refractivity contribution in [1.29, 1.82) is 0 Å². The molecule has 0 radical (unpaired) electrons. The van der Waals surface area contributed by atoms with Crippen molar-refractivity contribution in [3.8, 4) is 0 Å². The molecule has 2 aromatic carbocycles. The van der Waals surface area contributed by atoms with Gasteiger partial charge >= 0.3 is 0 Å². The minimum Gasteiger partial charge on any atom is -0.331 e. The Hall–Kier alpha value is -1.30. The maximum Gasteiger partial charge on any atom is 0.270 e. The third-order valence-electron chi connectivity index (χ3n) is 2.81. The zero-order valence-electron chi connectivity index (χ0n) is 11.7. The Balaban J connectivity index is 2.09. The molecule has 0 bridgehead atoms. The zero-order valence-corrected chi connectivity index (χ0v) is 17.0. The molecule has 0 saturated carbocycles. The number of rotatable bonds is 3. The molecule has 0 fully saturated rings. The summed E-state index contributed by atoms with van der Waals surface area (Å²) in [5.74, 6) is -0.450. The number of anilines is 1. The van der Waals surface area contributed by atoms with Crippen LogP contribution < -0.4 is 10.6 Å². The van der Waals surface area contributed by atoms with Crippen LogP contribution in [-0.2, 0) is 0 Å². The maximum atomic E-state index is 12.2. The number of nitrogens with zero attached hydrogens (tertiary/aromatic N) is 1. The van der Waals surface area contributed by atoms with Gasteiger partial charge in [0, 0.05) is 20.2 Å². The number of amides is 1. The minimum atomic E-state index is -0.506. The number of carbonyl (C=O) groups is 1. The Bertz CT molecular complexity index is 850. The number of carbonyl (C=O) groups excluding carboxylic acids is 1. The first kappa shape index (κ1) is 19.0. The first-order valence-corrected chi connectivity index (χ1v) is 8.95. The predicted molar refractivity (Wildman–Crippen MR) is 109 cm³/mol. The third-order valence-corrected chi connectivity index (χ3v) is 4.67. The average molecular weight is 541 g/mol. The zero-order chi connectivity index (χ0) is 17.9. The molecule has 124 valence electrons. The van der Waals surface area contributed by atoms with E-state index in [9.17, 15) is 14.9 Å². The molecule has 6 nitrogen and oxygen atoms in total. The quantitative estimate of drug-likeness (QED) is 0.254. The fourth-order valence-electron chi connectivity index (χ4n) is 1.71. The molecule has 0 aliphatic heterocycles. The van der Waals surface area contributed by atoms with Crippen LogP contribution in [0, 0.1) is 13.7 Å². The van der Waals surface area contributed by atoms with Crippen LogP contribution in [0.5, 0.6) is 0 Å². The van der Waals surface area contributed by atoms with Crippen molar-refractivity contribution < 1.29 is 9.72 Å². The molecule has 0 aromatic heterocycles. The summed E-state index contributed by atoms with van der Waals surface area (Å²) in [6, 6.07) is 9.20. The smallest absolute Gasteiger partial charge is 0.270 e. The van der Waals surface area contributed by atoms with E-state index in [4.69, 9.17) is 23.8 Å². The summed E-state index contributed by atoms with van der Waals surface area (Å²) in [6.07, 6.45) is 0. The summed E-state index contributed by atoms with van der Waals surface area (Å²) in [6.45, 7) is 0. The first-order chi connectivity index (χ1) is 11.3. The number of nitro groups is 1. The van der Waals surface area contributed by atoms with Crippen LogP contribution in [0.2, 0.25) is 5.02 Å². The molecule has 10 heteroatoms. The molecule has 1 amide bonds. The topological polar surface area (TPSA) is 84.3 Å². The van der Waals surface area contributed by atoms with Crippen molar-refractivity contribution >= 4 is 84.7 Å². The molecule has 0 aliphatic carbocycles. The summed E-state index contributed by atoms with van der Waals surface area (Å²) < 4.78 is 1.31. The van der Waals surface area contributed by atoms with Gasteiger partial charge in [-0.05, 0) is 75.0 Å². The second-order valence-corrected chi connectivity index (χ2v) is 7.37. The maximum absolute atomic E-state index is 12.2. The second kappa shape index (κ2) is 8.19. The Labute approximate surface area is 169 Å². The Kier molecular flexibility index (Phi) is 6.49. The Morgan fingerprint density at radius 1 is 1.29 bits per heavy atom. The summed E-state index contributed by atoms with van der Waals surface area (Å²) in [5.41, 5.74) is 0.725. The lowest BCUT2D eigenvalue weighted by atomic mass is 10.2. The molecule has 0 atom stereocenters. The fraction of sp³-hybridized carbons (Fsp3) is 0. The van der Waals surface area contributed by atoms with Gasteiger partial charge in [-0.3, -0.25) is 20.2 Å². The number of hydrogen-bond donors (Lipinski definition) is 2. The van der Waals surface area contributed by atoms with E-state index in [1.54, 1.807) is 18.2 Å². The molecule has 0 aliphatic rings. The Morgan fingerprint density at radius 3 is 2.62 bits per heavy atom. The number of hydrogen-bond acceptors (Lipinski definition) is 4. The monoisotopic (exact) mass is 539 g/mol. The average Bonchev–Trinajstić information content (AvgIpc) is 2.51. The summed E-state index contributed by atoms with van der Waals surface area (Å²) in [5, 5.41) is 16.4. The van der Waals surface area contributed by atoms with Gasteiger partial charge in [0.2, 0.25) is 0 Å². The van der Waals surface area contributed by atoms with E-state index in [1.165, 1.54) is 18.2 Å². The van der Waals surface area contributed by atoms with E-state index < -0.39 is 10.8 Å². The highest BCUT2D eigenvalue weighted by Gasteiger charge is 2.14. The number of nitrogens with one attached hydrogen (secondary N) is 2. The van der Waals surface area contributed by atoms with Gasteiger partial charge in [0.15, 0.2) is 5.11 Å². The van der Waals surface area contributed by atoms with Crippen LogP contribution in [0.4, 0.5) is 11.4 Å². The molecular formula is C14H8BrClIN3O3S. The van der Waals surface area contributed by atoms with Crippen molar-refractivity contribution in [3.63, 3.8) is 0 Å². The lowest BCUT2D eigenvalue weighted by molar-refractivity contribution is -0.384. The lowest BCUT2D eigenvalue weighted by Crippen LogP contribution is -2.34. The standard InChI is InChI=1S/C14H8BrClIN3O3S/c15-10-6-8(20(22)23)2-4-12(10)18-14(24)19-13(21)9-5-7(17)1-3-11(9)16/h1-6H,(H2,18,19,21,24). The van der Waals surface area contributed by atoms with Crippen LogP contribution in [0.3, 0.4) is 0 Å². The van der Waals surface area contributed by atoms with E-state index in [0.717, 1.165) is 3.57 Å². The highest BCUT2D eigenvalue weighted by atomic mass is 127. The summed E-state index contributed by atoms with van der Waals surface area (Å²) in [7, 11) is 0. The molecule has 2 N–H and O–H groups in total. The minimum absolute atomic E-state index is 0.0458. The van der Waals surface area contributed by atoms with Gasteiger partial charge < -0.3 is 5.32 Å². The van der Waals surface area contributed by atoms with Crippen LogP contribution >= 0.6 is 62.3 Å². The van der Waals surface area contributed by atoms with Gasteiger partial charge in [-0.2, -0.15) is 0 Å². The molecule has 2 aromatic rings. The normalized spacial score (nSPS) is 10.1. The molecule has 0 saturated heterocycles. The number of non-ortho nitro benzene ring substituents is 1. The number of halogens is 3. The largest absolute Gasteiger partial charge is 0.331 e. The van der Waals surface area contributed by atoms with Gasteiger partial charge in [0.25, 0.3) is 11.6 Å². The van der Waals surface area contributed by atoms with Crippen LogP contribution in [0.25, 0.3) is 0 Å². The van der Waals surface area contributed by atoms with E-state index >= 15 is 0 Å². The Morgan fingerprint density at radius 2 is 2.00 bits per heavy atom. The SMILES string of the molecule is O=C(NC(=S)Nc1ccc([N+](=O)[O-])cc1Br)c1cc(I)ccc1Cl. The van der Waals surface area contributed by atoms with Crippen LogP contribution in [0.1, 0.15) is 10.4 Å². The molecular weight excluding hydrogens is 533 g/mol. The van der Waals surface area contributed by atoms with Gasteiger partial charge in [0.05, 0.1) is 21.2 Å². The van der Waals surface area contributed by atoms with Gasteiger partial charge in [0.1, 0.15) is 0 Å². The van der Waals surface area contributed by atoms with E-state index in [1.807, 2.05) is 0 Å². The molecule has 24 heavy (non-hydrogen) atoms. The van der Waals surface area contributed by atoms with Gasteiger partial charge in [-0.1, -0.05) is 11.6 Å². The van der Waals surface area contributed by atoms with Crippen LogP contribution in [-0.4, -0.2) is 15.9 Å². The van der Waals surface area contributed by atoms with E-state index in [-0.39, 0.29) is 10.8 Å². The number of nitro benzene ring substituents is 1. The van der Waals surface area contributed by atoms with Crippen molar-refractivity contribution in [2.75, 3.05) is 5.32 Å². The fourth-order valence-corrected chi connectivity index (χ4v) is 3.08. The molecule has 0 heterocycles. The second-order valence-electron chi connectivity index (χ2n) is 4.45. The number of thiocarbonyl (C=S) groups is 1.